The number of benzene rings is 1. The number of rotatable bonds is 11. The van der Waals surface area contributed by atoms with Crippen LogP contribution in [0.1, 0.15) is 18.4 Å². The fourth-order valence-corrected chi connectivity index (χ4v) is 1.46. The molecule has 0 amide bonds. The molecule has 0 unspecified atom stereocenters. The number of hydrogen-bond donors (Lipinski definition) is 1. The van der Waals surface area contributed by atoms with E-state index in [9.17, 15) is 0 Å². The van der Waals surface area contributed by atoms with Gasteiger partial charge in [0.15, 0.2) is 0 Å². The average molecular weight is 343 g/mol. The molecule has 1 rings (SSSR count). The SMILES string of the molecule is COCCCO.COCCCOOCc1ccc(N=C=S)cc1. The summed E-state index contributed by atoms with van der Waals surface area (Å²) in [5.41, 5.74) is 1.80. The number of aliphatic hydroxyl groups is 1. The van der Waals surface area contributed by atoms with Gasteiger partial charge in [-0.25, -0.2) is 9.78 Å². The predicted molar refractivity (Wildman–Crippen MR) is 91.9 cm³/mol. The predicted octanol–water partition coefficient (Wildman–Crippen LogP) is 2.92. The maximum Gasteiger partial charge on any atom is 0.107 e. The van der Waals surface area contributed by atoms with Crippen LogP contribution in [0.3, 0.4) is 0 Å². The maximum absolute atomic E-state index is 8.12. The highest BCUT2D eigenvalue weighted by molar-refractivity contribution is 7.78. The highest BCUT2D eigenvalue weighted by Crippen LogP contribution is 2.12. The van der Waals surface area contributed by atoms with Crippen molar-refractivity contribution in [3.05, 3.63) is 29.8 Å². The number of hydrogen-bond acceptors (Lipinski definition) is 7. The molecule has 0 aromatic heterocycles. The second-order valence-electron chi connectivity index (χ2n) is 4.37. The van der Waals surface area contributed by atoms with Crippen LogP contribution < -0.4 is 0 Å². The van der Waals surface area contributed by atoms with E-state index in [0.717, 1.165) is 24.1 Å². The fraction of sp³-hybridized carbons (Fsp3) is 0.562. The summed E-state index contributed by atoms with van der Waals surface area (Å²) in [5.74, 6) is 0. The number of thiocarbonyl (C=S) groups is 1. The second kappa shape index (κ2) is 17.2. The molecule has 0 aliphatic heterocycles. The molecule has 7 heteroatoms. The molecule has 0 heterocycles. The Balaban J connectivity index is 0.000000688. The summed E-state index contributed by atoms with van der Waals surface area (Å²) in [7, 11) is 3.28. The summed E-state index contributed by atoms with van der Waals surface area (Å²) in [5, 5.41) is 10.4. The van der Waals surface area contributed by atoms with E-state index in [1.807, 2.05) is 24.3 Å². The van der Waals surface area contributed by atoms with Crippen molar-refractivity contribution in [1.82, 2.24) is 0 Å². The Labute approximate surface area is 143 Å². The third-order valence-electron chi connectivity index (χ3n) is 2.50. The van der Waals surface area contributed by atoms with Crippen LogP contribution in [-0.2, 0) is 25.9 Å². The molecule has 0 aliphatic rings. The minimum Gasteiger partial charge on any atom is -0.396 e. The van der Waals surface area contributed by atoms with Crippen molar-refractivity contribution in [1.29, 1.82) is 0 Å². The van der Waals surface area contributed by atoms with E-state index in [2.05, 4.69) is 27.1 Å². The van der Waals surface area contributed by atoms with Crippen LogP contribution >= 0.6 is 12.2 Å². The molecule has 1 N–H and O–H groups in total. The van der Waals surface area contributed by atoms with Gasteiger partial charge in [-0.3, -0.25) is 0 Å². The van der Waals surface area contributed by atoms with Gasteiger partial charge in [0.25, 0.3) is 0 Å². The Hall–Kier alpha value is -1.18. The van der Waals surface area contributed by atoms with Crippen molar-refractivity contribution in [2.24, 2.45) is 4.99 Å². The molecule has 130 valence electrons. The lowest BCUT2D eigenvalue weighted by Gasteiger charge is -2.04. The van der Waals surface area contributed by atoms with Crippen LogP contribution in [0.4, 0.5) is 5.69 Å². The van der Waals surface area contributed by atoms with Crippen molar-refractivity contribution in [2.75, 3.05) is 40.6 Å². The molecular formula is C16H25NO5S. The van der Waals surface area contributed by atoms with Crippen LogP contribution in [0.15, 0.2) is 29.3 Å². The molecule has 0 saturated heterocycles. The van der Waals surface area contributed by atoms with Gasteiger partial charge < -0.3 is 14.6 Å². The molecule has 0 fully saturated rings. The lowest BCUT2D eigenvalue weighted by atomic mass is 10.2. The normalized spacial score (nSPS) is 9.70. The lowest BCUT2D eigenvalue weighted by Crippen LogP contribution is -2.00. The number of methoxy groups -OCH3 is 2. The molecule has 0 aliphatic carbocycles. The quantitative estimate of drug-likeness (QED) is 0.219. The highest BCUT2D eigenvalue weighted by Gasteiger charge is 1.95. The zero-order valence-corrected chi connectivity index (χ0v) is 14.5. The van der Waals surface area contributed by atoms with Crippen LogP contribution in [0, 0.1) is 0 Å². The first-order valence-corrected chi connectivity index (χ1v) is 7.69. The Kier molecular flexibility index (Phi) is 16.3. The molecule has 0 saturated carbocycles. The van der Waals surface area contributed by atoms with E-state index in [4.69, 9.17) is 19.6 Å². The van der Waals surface area contributed by atoms with Gasteiger partial charge in [0.1, 0.15) is 6.61 Å². The van der Waals surface area contributed by atoms with Gasteiger partial charge in [-0.05, 0) is 42.8 Å². The van der Waals surface area contributed by atoms with Gasteiger partial charge in [0.05, 0.1) is 17.5 Å². The van der Waals surface area contributed by atoms with Gasteiger partial charge in [0, 0.05) is 34.0 Å². The first-order chi connectivity index (χ1) is 11.3. The molecule has 6 nitrogen and oxygen atoms in total. The van der Waals surface area contributed by atoms with Gasteiger partial charge in [0.2, 0.25) is 0 Å². The summed E-state index contributed by atoms with van der Waals surface area (Å²) < 4.78 is 9.50. The number of aliphatic hydroxyl groups excluding tert-OH is 1. The maximum atomic E-state index is 8.12. The van der Waals surface area contributed by atoms with E-state index in [1.165, 1.54) is 0 Å². The monoisotopic (exact) mass is 343 g/mol. The van der Waals surface area contributed by atoms with Crippen molar-refractivity contribution in [3.8, 4) is 0 Å². The zero-order valence-electron chi connectivity index (χ0n) is 13.7. The largest absolute Gasteiger partial charge is 0.396 e. The minimum absolute atomic E-state index is 0.230. The van der Waals surface area contributed by atoms with Crippen molar-refractivity contribution >= 4 is 23.1 Å². The van der Waals surface area contributed by atoms with Crippen LogP contribution in [0.25, 0.3) is 0 Å². The number of isothiocyanates is 1. The van der Waals surface area contributed by atoms with Crippen LogP contribution in [0.2, 0.25) is 0 Å². The summed E-state index contributed by atoms with van der Waals surface area (Å²) in [6, 6.07) is 7.51. The summed E-state index contributed by atoms with van der Waals surface area (Å²) in [6.45, 7) is 2.51. The van der Waals surface area contributed by atoms with E-state index >= 15 is 0 Å². The molecule has 0 spiro atoms. The third kappa shape index (κ3) is 14.2. The Morgan fingerprint density at radius 1 is 1.00 bits per heavy atom. The van der Waals surface area contributed by atoms with Gasteiger partial charge in [-0.2, -0.15) is 4.99 Å². The minimum atomic E-state index is 0.230. The van der Waals surface area contributed by atoms with E-state index in [-0.39, 0.29) is 6.61 Å². The third-order valence-corrected chi connectivity index (χ3v) is 2.59. The fourth-order valence-electron chi connectivity index (χ4n) is 1.36. The van der Waals surface area contributed by atoms with Gasteiger partial charge in [-0.1, -0.05) is 12.1 Å². The topological polar surface area (TPSA) is 69.5 Å². The number of ether oxygens (including phenoxy) is 2. The van der Waals surface area contributed by atoms with Crippen LogP contribution in [-0.4, -0.2) is 50.9 Å². The Morgan fingerprint density at radius 2 is 1.65 bits per heavy atom. The van der Waals surface area contributed by atoms with Gasteiger partial charge in [-0.15, -0.1) is 0 Å². The summed E-state index contributed by atoms with van der Waals surface area (Å²) in [4.78, 5) is 13.9. The van der Waals surface area contributed by atoms with Gasteiger partial charge >= 0.3 is 0 Å². The smallest absolute Gasteiger partial charge is 0.107 e. The zero-order chi connectivity index (χ0) is 17.2. The average Bonchev–Trinajstić information content (AvgIpc) is 2.58. The van der Waals surface area contributed by atoms with Crippen LogP contribution in [0.5, 0.6) is 0 Å². The molecule has 0 radical (unpaired) electrons. The van der Waals surface area contributed by atoms with Crippen molar-refractivity contribution in [2.45, 2.75) is 19.4 Å². The molecule has 0 bridgehead atoms. The second-order valence-corrected chi connectivity index (χ2v) is 4.55. The number of aliphatic imine (C=N–C) groups is 1. The lowest BCUT2D eigenvalue weighted by molar-refractivity contribution is -0.304. The summed E-state index contributed by atoms with van der Waals surface area (Å²) >= 11 is 4.52. The Bertz CT molecular complexity index is 417. The van der Waals surface area contributed by atoms with E-state index in [1.54, 1.807) is 14.2 Å². The number of nitrogens with zero attached hydrogens (tertiary/aromatic N) is 1. The van der Waals surface area contributed by atoms with Crippen molar-refractivity contribution < 1.29 is 24.4 Å². The van der Waals surface area contributed by atoms with Crippen molar-refractivity contribution in [3.63, 3.8) is 0 Å². The highest BCUT2D eigenvalue weighted by atomic mass is 32.1. The molecule has 23 heavy (non-hydrogen) atoms. The molecule has 0 atom stereocenters. The molecule has 1 aromatic rings. The molecular weight excluding hydrogens is 318 g/mol. The van der Waals surface area contributed by atoms with E-state index < -0.39 is 0 Å². The first-order valence-electron chi connectivity index (χ1n) is 7.28. The summed E-state index contributed by atoms with van der Waals surface area (Å²) in [6.07, 6.45) is 1.56. The standard InChI is InChI=1S/C12H15NO3S.C4H10O2/c1-14-7-2-8-15-16-9-11-3-5-12(6-4-11)13-10-17;1-6-4-2-3-5/h3-6H,2,7-9H2,1H3;5H,2-4H2,1H3. The Morgan fingerprint density at radius 3 is 2.17 bits per heavy atom. The molecule has 1 aromatic carbocycles. The first kappa shape index (κ1) is 21.8. The van der Waals surface area contributed by atoms with E-state index in [0.29, 0.717) is 26.4 Å².